The molecule has 2 aromatic rings. The largest absolute Gasteiger partial charge is 0.328 e. The Morgan fingerprint density at radius 2 is 1.80 bits per heavy atom. The van der Waals surface area contributed by atoms with E-state index >= 15 is 0 Å². The number of hydrogen-bond donors (Lipinski definition) is 0. The number of amides is 3. The van der Waals surface area contributed by atoms with Gasteiger partial charge in [0, 0.05) is 30.8 Å². The molecular formula is C22H22ClN5O2. The van der Waals surface area contributed by atoms with Gasteiger partial charge in [0.2, 0.25) is 5.96 Å². The van der Waals surface area contributed by atoms with Crippen molar-refractivity contribution in [3.8, 4) is 0 Å². The monoisotopic (exact) mass is 423 g/mol. The summed E-state index contributed by atoms with van der Waals surface area (Å²) in [5.41, 5.74) is 3.09. The zero-order valence-corrected chi connectivity index (χ0v) is 17.6. The van der Waals surface area contributed by atoms with Crippen LogP contribution in [0.25, 0.3) is 0 Å². The fourth-order valence-electron chi connectivity index (χ4n) is 4.45. The quantitative estimate of drug-likeness (QED) is 0.761. The molecule has 0 saturated carbocycles. The van der Waals surface area contributed by atoms with Crippen LogP contribution in [0.2, 0.25) is 5.02 Å². The third kappa shape index (κ3) is 2.84. The van der Waals surface area contributed by atoms with Gasteiger partial charge in [0.05, 0.1) is 6.54 Å². The lowest BCUT2D eigenvalue weighted by atomic mass is 10.1. The molecule has 5 rings (SSSR count). The molecule has 2 unspecified atom stereocenters. The van der Waals surface area contributed by atoms with Crippen LogP contribution in [0, 0.1) is 6.92 Å². The standard InChI is InChI=1S/C22H22ClN5O2/c1-14-5-3-4-6-17(14)26-11-12-27-18-19(24-21(26)27)25(2)22(30)28(20(18)29)13-15-7-9-16(23)10-8-15/h3-10,18-19H,11-13H2,1-2H3. The molecule has 0 bridgehead atoms. The van der Waals surface area contributed by atoms with Gasteiger partial charge in [-0.25, -0.2) is 9.79 Å². The number of rotatable bonds is 3. The van der Waals surface area contributed by atoms with E-state index in [2.05, 4.69) is 24.0 Å². The number of aryl methyl sites for hydroxylation is 1. The topological polar surface area (TPSA) is 59.5 Å². The highest BCUT2D eigenvalue weighted by atomic mass is 35.5. The first-order valence-electron chi connectivity index (χ1n) is 9.96. The van der Waals surface area contributed by atoms with Crippen LogP contribution in [-0.2, 0) is 11.3 Å². The van der Waals surface area contributed by atoms with Gasteiger partial charge >= 0.3 is 6.03 Å². The van der Waals surface area contributed by atoms with Crippen LogP contribution in [0.1, 0.15) is 11.1 Å². The van der Waals surface area contributed by atoms with Crippen molar-refractivity contribution in [1.29, 1.82) is 0 Å². The van der Waals surface area contributed by atoms with Crippen molar-refractivity contribution in [3.63, 3.8) is 0 Å². The molecule has 30 heavy (non-hydrogen) atoms. The second-order valence-electron chi connectivity index (χ2n) is 7.86. The molecule has 2 aromatic carbocycles. The van der Waals surface area contributed by atoms with Gasteiger partial charge < -0.3 is 14.7 Å². The summed E-state index contributed by atoms with van der Waals surface area (Å²) in [4.78, 5) is 38.3. The van der Waals surface area contributed by atoms with Gasteiger partial charge in [-0.2, -0.15) is 0 Å². The molecule has 0 N–H and O–H groups in total. The van der Waals surface area contributed by atoms with Crippen molar-refractivity contribution in [2.45, 2.75) is 25.7 Å². The number of carbonyl (C=O) groups is 2. The number of nitrogens with zero attached hydrogens (tertiary/aromatic N) is 5. The molecule has 2 saturated heterocycles. The Morgan fingerprint density at radius 1 is 1.07 bits per heavy atom. The number of carbonyl (C=O) groups excluding carboxylic acids is 2. The normalized spacial score (nSPS) is 23.1. The van der Waals surface area contributed by atoms with Gasteiger partial charge in [-0.1, -0.05) is 41.9 Å². The number of benzene rings is 2. The summed E-state index contributed by atoms with van der Waals surface area (Å²) < 4.78 is 0. The number of imide groups is 1. The number of urea groups is 1. The van der Waals surface area contributed by atoms with E-state index in [9.17, 15) is 9.59 Å². The zero-order chi connectivity index (χ0) is 21.0. The molecule has 3 aliphatic rings. The first-order valence-corrected chi connectivity index (χ1v) is 10.3. The van der Waals surface area contributed by atoms with Gasteiger partial charge in [-0.15, -0.1) is 0 Å². The van der Waals surface area contributed by atoms with Crippen molar-refractivity contribution in [2.75, 3.05) is 25.0 Å². The molecule has 0 aliphatic carbocycles. The van der Waals surface area contributed by atoms with E-state index in [1.165, 1.54) is 4.90 Å². The number of aliphatic imine (C=N–C) groups is 1. The maximum absolute atomic E-state index is 13.4. The van der Waals surface area contributed by atoms with Crippen molar-refractivity contribution < 1.29 is 9.59 Å². The van der Waals surface area contributed by atoms with Gasteiger partial charge in [0.1, 0.15) is 0 Å². The third-order valence-corrected chi connectivity index (χ3v) is 6.29. The Bertz CT molecular complexity index is 1050. The Kier molecular flexibility index (Phi) is 4.43. The Balaban J connectivity index is 1.44. The molecule has 8 heteroatoms. The SMILES string of the molecule is Cc1ccccc1N1CCN2C1=NC1C2C(=O)N(Cc2ccc(Cl)cc2)C(=O)N1C. The number of para-hydroxylation sites is 1. The van der Waals surface area contributed by atoms with E-state index in [1.54, 1.807) is 24.1 Å². The molecular weight excluding hydrogens is 402 g/mol. The summed E-state index contributed by atoms with van der Waals surface area (Å²) >= 11 is 5.96. The maximum Gasteiger partial charge on any atom is 0.328 e. The molecule has 0 radical (unpaired) electrons. The first-order chi connectivity index (χ1) is 14.5. The molecule has 0 spiro atoms. The van der Waals surface area contributed by atoms with Gasteiger partial charge in [0.15, 0.2) is 12.2 Å². The Morgan fingerprint density at radius 3 is 2.53 bits per heavy atom. The van der Waals surface area contributed by atoms with E-state index in [-0.39, 0.29) is 18.5 Å². The summed E-state index contributed by atoms with van der Waals surface area (Å²) in [7, 11) is 1.71. The lowest BCUT2D eigenvalue weighted by Gasteiger charge is -2.40. The molecule has 3 amide bonds. The van der Waals surface area contributed by atoms with Crippen LogP contribution >= 0.6 is 11.6 Å². The summed E-state index contributed by atoms with van der Waals surface area (Å²) in [6.07, 6.45) is -0.506. The summed E-state index contributed by atoms with van der Waals surface area (Å²) in [6, 6.07) is 14.5. The lowest BCUT2D eigenvalue weighted by Crippen LogP contribution is -2.64. The highest BCUT2D eigenvalue weighted by Crippen LogP contribution is 2.34. The molecule has 0 aromatic heterocycles. The number of hydrogen-bond acceptors (Lipinski definition) is 5. The lowest BCUT2D eigenvalue weighted by molar-refractivity contribution is -0.137. The van der Waals surface area contributed by atoms with Crippen LogP contribution in [0.5, 0.6) is 0 Å². The van der Waals surface area contributed by atoms with Crippen molar-refractivity contribution >= 4 is 35.2 Å². The fraction of sp³-hybridized carbons (Fsp3) is 0.318. The number of likely N-dealkylation sites (N-methyl/N-ethyl adjacent to an activating group) is 1. The molecule has 2 atom stereocenters. The minimum atomic E-state index is -0.506. The van der Waals surface area contributed by atoms with E-state index in [0.29, 0.717) is 11.6 Å². The van der Waals surface area contributed by atoms with Crippen molar-refractivity contribution in [1.82, 2.24) is 14.7 Å². The van der Waals surface area contributed by atoms with Crippen LogP contribution in [-0.4, -0.2) is 64.9 Å². The predicted molar refractivity (Wildman–Crippen MR) is 115 cm³/mol. The highest BCUT2D eigenvalue weighted by molar-refractivity contribution is 6.30. The van der Waals surface area contributed by atoms with Crippen LogP contribution < -0.4 is 4.90 Å². The summed E-state index contributed by atoms with van der Waals surface area (Å²) in [5, 5.41) is 0.620. The molecule has 154 valence electrons. The first kappa shape index (κ1) is 18.9. The molecule has 7 nitrogen and oxygen atoms in total. The van der Waals surface area contributed by atoms with Crippen molar-refractivity contribution in [2.24, 2.45) is 4.99 Å². The van der Waals surface area contributed by atoms with E-state index in [4.69, 9.17) is 16.6 Å². The fourth-order valence-corrected chi connectivity index (χ4v) is 4.58. The predicted octanol–water partition coefficient (Wildman–Crippen LogP) is 2.93. The number of halogens is 1. The maximum atomic E-state index is 13.4. The van der Waals surface area contributed by atoms with E-state index in [0.717, 1.165) is 29.3 Å². The third-order valence-electron chi connectivity index (χ3n) is 6.04. The second kappa shape index (κ2) is 7.02. The van der Waals surface area contributed by atoms with Crippen LogP contribution in [0.4, 0.5) is 10.5 Å². The Hall–Kier alpha value is -3.06. The number of fused-ring (bicyclic) bond motifs is 3. The Labute approximate surface area is 180 Å². The smallest absolute Gasteiger partial charge is 0.325 e. The minimum Gasteiger partial charge on any atom is -0.325 e. The number of anilines is 1. The van der Waals surface area contributed by atoms with Gasteiger partial charge in [-0.3, -0.25) is 9.69 Å². The zero-order valence-electron chi connectivity index (χ0n) is 16.8. The summed E-state index contributed by atoms with van der Waals surface area (Å²) in [5.74, 6) is 0.559. The van der Waals surface area contributed by atoms with Crippen LogP contribution in [0.15, 0.2) is 53.5 Å². The van der Waals surface area contributed by atoms with Gasteiger partial charge in [0.25, 0.3) is 5.91 Å². The average Bonchev–Trinajstić information content (AvgIpc) is 3.31. The highest BCUT2D eigenvalue weighted by Gasteiger charge is 2.54. The van der Waals surface area contributed by atoms with E-state index in [1.807, 2.05) is 29.2 Å². The number of guanidine groups is 1. The molecule has 2 fully saturated rings. The second-order valence-corrected chi connectivity index (χ2v) is 8.30. The molecule has 3 heterocycles. The molecule has 3 aliphatic heterocycles. The van der Waals surface area contributed by atoms with Gasteiger partial charge in [-0.05, 0) is 36.2 Å². The van der Waals surface area contributed by atoms with E-state index < -0.39 is 12.2 Å². The minimum absolute atomic E-state index is 0.205. The summed E-state index contributed by atoms with van der Waals surface area (Å²) in [6.45, 7) is 3.73. The van der Waals surface area contributed by atoms with Crippen LogP contribution in [0.3, 0.4) is 0 Å². The average molecular weight is 424 g/mol. The van der Waals surface area contributed by atoms with Crippen molar-refractivity contribution in [3.05, 3.63) is 64.7 Å².